The maximum atomic E-state index is 13.2. The molecule has 32 heavy (non-hydrogen) atoms. The van der Waals surface area contributed by atoms with Gasteiger partial charge in [0, 0.05) is 18.6 Å². The van der Waals surface area contributed by atoms with Gasteiger partial charge in [-0.1, -0.05) is 42.5 Å². The van der Waals surface area contributed by atoms with E-state index in [-0.39, 0.29) is 12.5 Å². The zero-order valence-electron chi connectivity index (χ0n) is 18.6. The van der Waals surface area contributed by atoms with E-state index in [1.807, 2.05) is 42.3 Å². The quantitative estimate of drug-likeness (QED) is 0.562. The van der Waals surface area contributed by atoms with Crippen molar-refractivity contribution in [3.8, 4) is 0 Å². The molecule has 0 radical (unpaired) electrons. The van der Waals surface area contributed by atoms with E-state index in [2.05, 4.69) is 5.32 Å². The van der Waals surface area contributed by atoms with E-state index in [9.17, 15) is 22.8 Å². The SMILES string of the molecule is C[C@H](N)C(=O)N[C@H](/C=C/CN(C(=O)C(F)(F)F)C1CCN(C)CC1)CCc1ccccc1. The largest absolute Gasteiger partial charge is 0.471 e. The average molecular weight is 455 g/mol. The van der Waals surface area contributed by atoms with E-state index in [1.165, 1.54) is 0 Å². The van der Waals surface area contributed by atoms with Gasteiger partial charge in [-0.2, -0.15) is 13.2 Å². The first-order valence-electron chi connectivity index (χ1n) is 10.9. The highest BCUT2D eigenvalue weighted by Gasteiger charge is 2.44. The van der Waals surface area contributed by atoms with Gasteiger partial charge < -0.3 is 20.9 Å². The highest BCUT2D eigenvalue weighted by molar-refractivity contribution is 5.82. The van der Waals surface area contributed by atoms with Gasteiger partial charge in [0.05, 0.1) is 6.04 Å². The molecule has 1 fully saturated rings. The smallest absolute Gasteiger partial charge is 0.349 e. The summed E-state index contributed by atoms with van der Waals surface area (Å²) in [4.78, 5) is 27.1. The summed E-state index contributed by atoms with van der Waals surface area (Å²) in [6.07, 6.45) is 0.493. The number of nitrogens with two attached hydrogens (primary N) is 1. The van der Waals surface area contributed by atoms with Crippen molar-refractivity contribution in [2.75, 3.05) is 26.7 Å². The fourth-order valence-electron chi connectivity index (χ4n) is 3.70. The molecule has 2 amide bonds. The standard InChI is InChI=1S/C23H33F3N4O2/c1-17(27)21(31)28-19(11-10-18-7-4-3-5-8-18)9-6-14-30(22(32)23(24,25)26)20-12-15-29(2)16-13-20/h3-9,17,19-20H,10-16,27H2,1-2H3,(H,28,31)/b9-6+/t17-,19+/m0/s1. The number of carbonyl (C=O) groups is 2. The van der Waals surface area contributed by atoms with Crippen molar-refractivity contribution in [1.82, 2.24) is 15.1 Å². The number of carbonyl (C=O) groups excluding carboxylic acids is 2. The number of alkyl halides is 3. The summed E-state index contributed by atoms with van der Waals surface area (Å²) in [6.45, 7) is 2.68. The van der Waals surface area contributed by atoms with Crippen LogP contribution in [0.1, 0.15) is 31.7 Å². The Morgan fingerprint density at radius 1 is 1.25 bits per heavy atom. The van der Waals surface area contributed by atoms with Crippen molar-refractivity contribution >= 4 is 11.8 Å². The topological polar surface area (TPSA) is 78.7 Å². The average Bonchev–Trinajstić information content (AvgIpc) is 2.75. The van der Waals surface area contributed by atoms with Gasteiger partial charge >= 0.3 is 12.1 Å². The van der Waals surface area contributed by atoms with Crippen molar-refractivity contribution < 1.29 is 22.8 Å². The van der Waals surface area contributed by atoms with Crippen molar-refractivity contribution in [3.63, 3.8) is 0 Å². The zero-order chi connectivity index (χ0) is 23.7. The van der Waals surface area contributed by atoms with E-state index in [4.69, 9.17) is 5.73 Å². The molecule has 0 bridgehead atoms. The van der Waals surface area contributed by atoms with Crippen LogP contribution in [-0.4, -0.2) is 72.6 Å². The van der Waals surface area contributed by atoms with Crippen LogP contribution in [0.4, 0.5) is 13.2 Å². The van der Waals surface area contributed by atoms with E-state index < -0.39 is 30.2 Å². The lowest BCUT2D eigenvalue weighted by Gasteiger charge is -2.37. The number of benzene rings is 1. The number of halogens is 3. The molecule has 3 N–H and O–H groups in total. The Labute approximate surface area is 187 Å². The first kappa shape index (κ1) is 25.9. The molecule has 2 rings (SSSR count). The fourth-order valence-corrected chi connectivity index (χ4v) is 3.70. The molecule has 0 spiro atoms. The second kappa shape index (κ2) is 12.0. The number of rotatable bonds is 9. The minimum Gasteiger partial charge on any atom is -0.349 e. The number of hydrogen-bond acceptors (Lipinski definition) is 4. The van der Waals surface area contributed by atoms with Gasteiger partial charge in [0.2, 0.25) is 5.91 Å². The van der Waals surface area contributed by atoms with Crippen molar-refractivity contribution in [2.45, 2.75) is 56.9 Å². The number of nitrogens with zero attached hydrogens (tertiary/aromatic N) is 2. The lowest BCUT2D eigenvalue weighted by molar-refractivity contribution is -0.188. The normalized spacial score (nSPS) is 17.8. The van der Waals surface area contributed by atoms with Gasteiger partial charge in [0.25, 0.3) is 0 Å². The van der Waals surface area contributed by atoms with Crippen LogP contribution < -0.4 is 11.1 Å². The fraction of sp³-hybridized carbons (Fsp3) is 0.565. The molecule has 1 aromatic carbocycles. The zero-order valence-corrected chi connectivity index (χ0v) is 18.6. The van der Waals surface area contributed by atoms with Crippen LogP contribution in [0.3, 0.4) is 0 Å². The third-order valence-corrected chi connectivity index (χ3v) is 5.63. The molecule has 1 heterocycles. The Balaban J connectivity index is 2.09. The summed E-state index contributed by atoms with van der Waals surface area (Å²) in [5.74, 6) is -2.16. The molecular weight excluding hydrogens is 421 g/mol. The van der Waals surface area contributed by atoms with Crippen molar-refractivity contribution in [2.24, 2.45) is 5.73 Å². The molecule has 0 aromatic heterocycles. The second-order valence-corrected chi connectivity index (χ2v) is 8.35. The van der Waals surface area contributed by atoms with Crippen LogP contribution in [0.25, 0.3) is 0 Å². The summed E-state index contributed by atoms with van der Waals surface area (Å²) in [7, 11) is 1.91. The first-order valence-corrected chi connectivity index (χ1v) is 10.9. The predicted molar refractivity (Wildman–Crippen MR) is 118 cm³/mol. The van der Waals surface area contributed by atoms with Crippen LogP contribution in [0, 0.1) is 0 Å². The van der Waals surface area contributed by atoms with Crippen LogP contribution in [0.2, 0.25) is 0 Å². The molecule has 1 aliphatic rings. The van der Waals surface area contributed by atoms with Gasteiger partial charge in [-0.05, 0) is 58.3 Å². The molecule has 1 aromatic rings. The Hall–Kier alpha value is -2.39. The molecule has 2 atom stereocenters. The molecular formula is C23H33F3N4O2. The van der Waals surface area contributed by atoms with Crippen molar-refractivity contribution in [3.05, 3.63) is 48.0 Å². The summed E-state index contributed by atoms with van der Waals surface area (Å²) in [5, 5.41) is 2.82. The molecule has 1 saturated heterocycles. The molecule has 0 saturated carbocycles. The van der Waals surface area contributed by atoms with Gasteiger partial charge in [-0.3, -0.25) is 9.59 Å². The van der Waals surface area contributed by atoms with Gasteiger partial charge in [0.15, 0.2) is 0 Å². The van der Waals surface area contributed by atoms with Crippen molar-refractivity contribution in [1.29, 1.82) is 0 Å². The van der Waals surface area contributed by atoms with Crippen LogP contribution in [-0.2, 0) is 16.0 Å². The summed E-state index contributed by atoms with van der Waals surface area (Å²) in [6, 6.07) is 8.11. The number of piperidine rings is 1. The Bertz CT molecular complexity index is 760. The summed E-state index contributed by atoms with van der Waals surface area (Å²) < 4.78 is 39.6. The molecule has 178 valence electrons. The van der Waals surface area contributed by atoms with Gasteiger partial charge in [-0.25, -0.2) is 0 Å². The highest BCUT2D eigenvalue weighted by atomic mass is 19.4. The third-order valence-electron chi connectivity index (χ3n) is 5.63. The molecule has 6 nitrogen and oxygen atoms in total. The maximum Gasteiger partial charge on any atom is 0.471 e. The van der Waals surface area contributed by atoms with E-state index in [0.717, 1.165) is 10.5 Å². The van der Waals surface area contributed by atoms with Gasteiger partial charge in [-0.15, -0.1) is 0 Å². The van der Waals surface area contributed by atoms with E-state index >= 15 is 0 Å². The monoisotopic (exact) mass is 454 g/mol. The Kier molecular flexibility index (Phi) is 9.71. The summed E-state index contributed by atoms with van der Waals surface area (Å²) >= 11 is 0. The molecule has 1 aliphatic heterocycles. The maximum absolute atomic E-state index is 13.2. The number of nitrogens with one attached hydrogen (secondary N) is 1. The Morgan fingerprint density at radius 2 is 1.88 bits per heavy atom. The van der Waals surface area contributed by atoms with Crippen LogP contribution in [0.15, 0.2) is 42.5 Å². The number of aryl methyl sites for hydroxylation is 1. The minimum atomic E-state index is -4.92. The lowest BCUT2D eigenvalue weighted by atomic mass is 10.0. The number of hydrogen-bond donors (Lipinski definition) is 2. The van der Waals surface area contributed by atoms with E-state index in [0.29, 0.717) is 38.8 Å². The molecule has 0 unspecified atom stereocenters. The lowest BCUT2D eigenvalue weighted by Crippen LogP contribution is -2.51. The highest BCUT2D eigenvalue weighted by Crippen LogP contribution is 2.24. The third kappa shape index (κ3) is 8.27. The van der Waals surface area contributed by atoms with Crippen LogP contribution in [0.5, 0.6) is 0 Å². The number of likely N-dealkylation sites (tertiary alicyclic amines) is 1. The number of amides is 2. The van der Waals surface area contributed by atoms with Crippen LogP contribution >= 0.6 is 0 Å². The molecule has 0 aliphatic carbocycles. The Morgan fingerprint density at radius 3 is 2.44 bits per heavy atom. The van der Waals surface area contributed by atoms with Gasteiger partial charge in [0.1, 0.15) is 0 Å². The second-order valence-electron chi connectivity index (χ2n) is 8.35. The summed E-state index contributed by atoms with van der Waals surface area (Å²) in [5.41, 5.74) is 6.73. The predicted octanol–water partition coefficient (Wildman–Crippen LogP) is 2.49. The van der Waals surface area contributed by atoms with E-state index in [1.54, 1.807) is 19.1 Å². The first-order chi connectivity index (χ1) is 15.1. The minimum absolute atomic E-state index is 0.164. The molecule has 9 heteroatoms.